The molecule has 2 spiro atoms. The number of allylic oxidation sites excluding steroid dienone is 2. The van der Waals surface area contributed by atoms with Gasteiger partial charge < -0.3 is 14.2 Å². The van der Waals surface area contributed by atoms with Crippen molar-refractivity contribution in [1.82, 2.24) is 0 Å². The smallest absolute Gasteiger partial charge is 0.302 e. The van der Waals surface area contributed by atoms with E-state index in [1.807, 2.05) is 0 Å². The van der Waals surface area contributed by atoms with Gasteiger partial charge in [0.25, 0.3) is 0 Å². The Labute approximate surface area is 206 Å². The standard InChI is InChI=1S/C30H46O4/c1-17(2)18(3)8-9-19(4)22-10-11-23-27(22,6)14-13-24-28(7)15-12-21(32-20(5)31)16-29(28)25(33-29)26-30(23,24)34-26/h8-9,17-19,21-26H,10-16H2,1-7H3/t18-,19+,21-,22+,23+,24+,25+,26-,27+,28+,29+,30+/m0/s1. The zero-order valence-corrected chi connectivity index (χ0v) is 22.4. The predicted molar refractivity (Wildman–Crippen MR) is 132 cm³/mol. The second-order valence-electron chi connectivity index (χ2n) is 13.9. The summed E-state index contributed by atoms with van der Waals surface area (Å²) in [4.78, 5) is 11.6. The first-order chi connectivity index (χ1) is 16.0. The van der Waals surface area contributed by atoms with Crippen LogP contribution in [0, 0.1) is 46.3 Å². The quantitative estimate of drug-likeness (QED) is 0.268. The Kier molecular flexibility index (Phi) is 5.08. The summed E-state index contributed by atoms with van der Waals surface area (Å²) in [7, 11) is 0. The number of fused-ring (bicyclic) bond motifs is 3. The van der Waals surface area contributed by atoms with Crippen LogP contribution in [0.15, 0.2) is 12.2 Å². The maximum atomic E-state index is 11.6. The number of carbonyl (C=O) groups excluding carboxylic acids is 1. The van der Waals surface area contributed by atoms with Gasteiger partial charge >= 0.3 is 5.97 Å². The van der Waals surface area contributed by atoms with Gasteiger partial charge in [-0.1, -0.05) is 53.7 Å². The number of ether oxygens (including phenoxy) is 3. The number of esters is 1. The highest BCUT2D eigenvalue weighted by Gasteiger charge is 2.90. The Balaban J connectivity index is 1.25. The second kappa shape index (κ2) is 7.34. The van der Waals surface area contributed by atoms with Crippen molar-refractivity contribution in [3.05, 3.63) is 12.2 Å². The molecule has 0 amide bonds. The highest BCUT2D eigenvalue weighted by Crippen LogP contribution is 2.81. The van der Waals surface area contributed by atoms with E-state index in [1.54, 1.807) is 0 Å². The van der Waals surface area contributed by atoms with Crippen LogP contribution in [0.4, 0.5) is 0 Å². The number of hydrogen-bond donors (Lipinski definition) is 0. The van der Waals surface area contributed by atoms with E-state index < -0.39 is 0 Å². The summed E-state index contributed by atoms with van der Waals surface area (Å²) >= 11 is 0. The molecule has 0 radical (unpaired) electrons. The lowest BCUT2D eigenvalue weighted by Crippen LogP contribution is -2.63. The maximum absolute atomic E-state index is 11.6. The van der Waals surface area contributed by atoms with Crippen LogP contribution in [-0.2, 0) is 19.0 Å². The molecule has 2 aliphatic heterocycles. The molecule has 0 aromatic heterocycles. The molecular formula is C30H46O4. The average Bonchev–Trinajstić information content (AvgIpc) is 3.63. The van der Waals surface area contributed by atoms with Gasteiger partial charge in [0.15, 0.2) is 0 Å². The van der Waals surface area contributed by atoms with E-state index in [1.165, 1.54) is 32.6 Å². The molecule has 6 rings (SSSR count). The van der Waals surface area contributed by atoms with E-state index >= 15 is 0 Å². The third-order valence-corrected chi connectivity index (χ3v) is 12.2. The average molecular weight is 471 g/mol. The normalized spacial score (nSPS) is 54.4. The first-order valence-electron chi connectivity index (χ1n) is 14.2. The van der Waals surface area contributed by atoms with Gasteiger partial charge in [0, 0.05) is 18.8 Å². The first kappa shape index (κ1) is 23.5. The minimum atomic E-state index is -0.161. The molecule has 190 valence electrons. The fraction of sp³-hybridized carbons (Fsp3) is 0.900. The van der Waals surface area contributed by atoms with Crippen LogP contribution in [-0.4, -0.2) is 35.5 Å². The monoisotopic (exact) mass is 470 g/mol. The number of epoxide rings is 2. The third kappa shape index (κ3) is 2.88. The fourth-order valence-corrected chi connectivity index (χ4v) is 9.99. The lowest BCUT2D eigenvalue weighted by Gasteiger charge is -2.58. The highest BCUT2D eigenvalue weighted by atomic mass is 16.7. The summed E-state index contributed by atoms with van der Waals surface area (Å²) in [5.41, 5.74) is 0.398. The van der Waals surface area contributed by atoms with Gasteiger partial charge in [-0.15, -0.1) is 0 Å². The van der Waals surface area contributed by atoms with Crippen molar-refractivity contribution in [1.29, 1.82) is 0 Å². The van der Waals surface area contributed by atoms with E-state index in [2.05, 4.69) is 53.7 Å². The summed E-state index contributed by atoms with van der Waals surface area (Å²) in [5.74, 6) is 3.76. The van der Waals surface area contributed by atoms with E-state index in [0.717, 1.165) is 25.2 Å². The van der Waals surface area contributed by atoms with Crippen LogP contribution >= 0.6 is 0 Å². The third-order valence-electron chi connectivity index (χ3n) is 12.2. The lowest BCUT2D eigenvalue weighted by atomic mass is 9.44. The first-order valence-corrected chi connectivity index (χ1v) is 14.2. The Morgan fingerprint density at radius 2 is 1.71 bits per heavy atom. The van der Waals surface area contributed by atoms with Crippen molar-refractivity contribution >= 4 is 5.97 Å². The minimum absolute atomic E-state index is 0.00686. The molecular weight excluding hydrogens is 424 g/mol. The zero-order valence-electron chi connectivity index (χ0n) is 22.4. The van der Waals surface area contributed by atoms with E-state index in [9.17, 15) is 4.79 Å². The van der Waals surface area contributed by atoms with E-state index in [0.29, 0.717) is 35.0 Å². The van der Waals surface area contributed by atoms with Crippen molar-refractivity contribution in [2.75, 3.05) is 0 Å². The molecule has 4 aliphatic carbocycles. The maximum Gasteiger partial charge on any atom is 0.302 e. The SMILES string of the molecule is CC(=O)O[C@H]1CC[C@]2(C)[C@H]3CC[C@]4(C)[C@@H]([C@H](C)C=C[C@H](C)C(C)C)CC[C@H]4[C@@]34O[C@H]4[C@H]3O[C@]32C1. The molecule has 0 N–H and O–H groups in total. The molecule has 6 aliphatic rings. The highest BCUT2D eigenvalue weighted by molar-refractivity contribution is 5.66. The van der Waals surface area contributed by atoms with Crippen LogP contribution in [0.1, 0.15) is 93.4 Å². The molecule has 12 atom stereocenters. The lowest BCUT2D eigenvalue weighted by molar-refractivity contribution is -0.157. The Morgan fingerprint density at radius 3 is 2.41 bits per heavy atom. The predicted octanol–water partition coefficient (Wildman–Crippen LogP) is 6.32. The van der Waals surface area contributed by atoms with Crippen molar-refractivity contribution in [3.8, 4) is 0 Å². The number of hydrogen-bond acceptors (Lipinski definition) is 4. The Morgan fingerprint density at radius 1 is 0.941 bits per heavy atom. The van der Waals surface area contributed by atoms with Gasteiger partial charge in [0.2, 0.25) is 0 Å². The molecule has 6 fully saturated rings. The molecule has 0 unspecified atom stereocenters. The van der Waals surface area contributed by atoms with Crippen molar-refractivity contribution in [2.45, 2.75) is 123 Å². The molecule has 34 heavy (non-hydrogen) atoms. The van der Waals surface area contributed by atoms with Gasteiger partial charge in [-0.2, -0.15) is 0 Å². The van der Waals surface area contributed by atoms with Crippen LogP contribution < -0.4 is 0 Å². The molecule has 4 saturated carbocycles. The molecule has 4 heteroatoms. The largest absolute Gasteiger partial charge is 0.462 e. The van der Waals surface area contributed by atoms with Crippen LogP contribution in [0.2, 0.25) is 0 Å². The molecule has 0 aromatic carbocycles. The summed E-state index contributed by atoms with van der Waals surface area (Å²) in [6.45, 7) is 16.1. The minimum Gasteiger partial charge on any atom is -0.462 e. The molecule has 4 nitrogen and oxygen atoms in total. The van der Waals surface area contributed by atoms with Crippen LogP contribution in [0.25, 0.3) is 0 Å². The summed E-state index contributed by atoms with van der Waals surface area (Å²) in [6.07, 6.45) is 13.6. The summed E-state index contributed by atoms with van der Waals surface area (Å²) in [6, 6.07) is 0. The molecule has 0 bridgehead atoms. The second-order valence-corrected chi connectivity index (χ2v) is 13.9. The summed E-state index contributed by atoms with van der Waals surface area (Å²) < 4.78 is 19.2. The van der Waals surface area contributed by atoms with E-state index in [4.69, 9.17) is 14.2 Å². The van der Waals surface area contributed by atoms with Gasteiger partial charge in [-0.05, 0) is 79.4 Å². The van der Waals surface area contributed by atoms with E-state index in [-0.39, 0.29) is 40.9 Å². The zero-order chi connectivity index (χ0) is 24.3. The number of carbonyl (C=O) groups is 1. The van der Waals surface area contributed by atoms with Crippen molar-refractivity contribution in [3.63, 3.8) is 0 Å². The molecule has 2 heterocycles. The Bertz CT molecular complexity index is 896. The fourth-order valence-electron chi connectivity index (χ4n) is 9.99. The van der Waals surface area contributed by atoms with Gasteiger partial charge in [0.1, 0.15) is 29.5 Å². The molecule has 2 saturated heterocycles. The van der Waals surface area contributed by atoms with Crippen LogP contribution in [0.3, 0.4) is 0 Å². The van der Waals surface area contributed by atoms with Crippen molar-refractivity contribution < 1.29 is 19.0 Å². The van der Waals surface area contributed by atoms with Gasteiger partial charge in [0.05, 0.1) is 0 Å². The summed E-state index contributed by atoms with van der Waals surface area (Å²) in [5, 5.41) is 0. The van der Waals surface area contributed by atoms with Gasteiger partial charge in [-0.25, -0.2) is 0 Å². The number of rotatable bonds is 5. The Hall–Kier alpha value is -0.870. The topological polar surface area (TPSA) is 51.4 Å². The van der Waals surface area contributed by atoms with Gasteiger partial charge in [-0.3, -0.25) is 4.79 Å². The molecule has 0 aromatic rings. The van der Waals surface area contributed by atoms with Crippen LogP contribution in [0.5, 0.6) is 0 Å². The van der Waals surface area contributed by atoms with Crippen molar-refractivity contribution in [2.24, 2.45) is 46.3 Å².